The molecule has 0 fully saturated rings. The third-order valence-electron chi connectivity index (χ3n) is 5.45. The summed E-state index contributed by atoms with van der Waals surface area (Å²) in [6, 6.07) is 18.0. The summed E-state index contributed by atoms with van der Waals surface area (Å²) in [5, 5.41) is 3.11. The van der Waals surface area contributed by atoms with Crippen molar-refractivity contribution < 1.29 is 19.1 Å². The molecule has 0 radical (unpaired) electrons. The monoisotopic (exact) mass is 542 g/mol. The number of rotatable bonds is 5. The number of nitrogens with zero attached hydrogens (tertiary/aromatic N) is 1. The number of carbonyl (C=O) groups is 3. The summed E-state index contributed by atoms with van der Waals surface area (Å²) < 4.78 is 5.46. The average Bonchev–Trinajstić information content (AvgIpc) is 3.01. The van der Waals surface area contributed by atoms with E-state index in [4.69, 9.17) is 39.5 Å². The molecule has 0 saturated carbocycles. The molecule has 184 valence electrons. The van der Waals surface area contributed by atoms with Crippen LogP contribution in [0.25, 0.3) is 0 Å². The van der Waals surface area contributed by atoms with Gasteiger partial charge in [-0.1, -0.05) is 67.7 Å². The maximum atomic E-state index is 13.0. The van der Waals surface area contributed by atoms with Crippen molar-refractivity contribution >= 4 is 64.0 Å². The summed E-state index contributed by atoms with van der Waals surface area (Å²) in [6.07, 6.45) is 0. The summed E-state index contributed by atoms with van der Waals surface area (Å²) in [4.78, 5) is 39.1. The topological polar surface area (TPSA) is 75.7 Å². The third kappa shape index (κ3) is 5.41. The number of esters is 1. The van der Waals surface area contributed by atoms with E-state index in [0.29, 0.717) is 17.0 Å². The van der Waals surface area contributed by atoms with E-state index in [1.807, 2.05) is 12.1 Å². The Labute approximate surface area is 223 Å². The van der Waals surface area contributed by atoms with Gasteiger partial charge < -0.3 is 10.1 Å². The molecule has 36 heavy (non-hydrogen) atoms. The molecule has 0 spiro atoms. The van der Waals surface area contributed by atoms with Crippen molar-refractivity contribution in [3.8, 4) is 5.75 Å². The predicted molar refractivity (Wildman–Crippen MR) is 142 cm³/mol. The van der Waals surface area contributed by atoms with Gasteiger partial charge in [-0.25, -0.2) is 9.69 Å². The Kier molecular flexibility index (Phi) is 7.14. The molecule has 6 nitrogen and oxygen atoms in total. The summed E-state index contributed by atoms with van der Waals surface area (Å²) >= 11 is 18.2. The van der Waals surface area contributed by atoms with Crippen LogP contribution in [0.1, 0.15) is 36.7 Å². The Morgan fingerprint density at radius 3 is 1.97 bits per heavy atom. The molecule has 0 saturated heterocycles. The first-order chi connectivity index (χ1) is 16.9. The van der Waals surface area contributed by atoms with Gasteiger partial charge in [0.2, 0.25) is 0 Å². The van der Waals surface area contributed by atoms with E-state index in [9.17, 15) is 14.4 Å². The number of carbonyl (C=O) groups excluding carboxylic acids is 3. The van der Waals surface area contributed by atoms with E-state index in [2.05, 4.69) is 26.1 Å². The molecule has 0 atom stereocenters. The molecule has 2 amide bonds. The number of hydrogen-bond donors (Lipinski definition) is 1. The zero-order valence-electron chi connectivity index (χ0n) is 19.6. The lowest BCUT2D eigenvalue weighted by Crippen LogP contribution is -2.32. The van der Waals surface area contributed by atoms with E-state index >= 15 is 0 Å². The Hall–Kier alpha value is -3.32. The minimum atomic E-state index is -0.708. The van der Waals surface area contributed by atoms with Crippen LogP contribution in [0.3, 0.4) is 0 Å². The van der Waals surface area contributed by atoms with Gasteiger partial charge in [-0.05, 0) is 65.6 Å². The molecule has 0 unspecified atom stereocenters. The average molecular weight is 544 g/mol. The Balaban J connectivity index is 1.46. The van der Waals surface area contributed by atoms with Crippen molar-refractivity contribution in [1.29, 1.82) is 0 Å². The summed E-state index contributed by atoms with van der Waals surface area (Å²) in [5.41, 5.74) is 1.97. The van der Waals surface area contributed by atoms with Gasteiger partial charge in [0, 0.05) is 15.7 Å². The van der Waals surface area contributed by atoms with Gasteiger partial charge in [0.1, 0.15) is 16.5 Å². The van der Waals surface area contributed by atoms with Crippen LogP contribution in [0, 0.1) is 0 Å². The van der Waals surface area contributed by atoms with Gasteiger partial charge >= 0.3 is 5.97 Å². The highest BCUT2D eigenvalue weighted by atomic mass is 35.5. The largest absolute Gasteiger partial charge is 0.423 e. The SMILES string of the molecule is CC(C)(C)c1ccc(OC(=O)c2ccc(NC3=C(Cl)C(=O)N(c4cc(Cl)cc(Cl)c4)C3=O)cc2)cc1. The third-order valence-corrected chi connectivity index (χ3v) is 6.24. The zero-order valence-corrected chi connectivity index (χ0v) is 21.8. The van der Waals surface area contributed by atoms with Crippen molar-refractivity contribution in [2.45, 2.75) is 26.2 Å². The number of benzene rings is 3. The molecule has 3 aromatic rings. The lowest BCUT2D eigenvalue weighted by atomic mass is 9.87. The maximum absolute atomic E-state index is 13.0. The fraction of sp³-hybridized carbons (Fsp3) is 0.148. The number of ether oxygens (including phenoxy) is 1. The van der Waals surface area contributed by atoms with Crippen molar-refractivity contribution in [2.75, 3.05) is 10.2 Å². The van der Waals surface area contributed by atoms with Crippen LogP contribution in [0.15, 0.2) is 77.5 Å². The van der Waals surface area contributed by atoms with Crippen LogP contribution in [0.2, 0.25) is 10.0 Å². The molecule has 9 heteroatoms. The molecule has 3 aromatic carbocycles. The molecule has 0 aromatic heterocycles. The molecule has 1 aliphatic rings. The first kappa shape index (κ1) is 25.8. The standard InChI is InChI=1S/C27H21Cl3N2O4/c1-27(2,3)16-6-10-21(11-7-16)36-26(35)15-4-8-19(9-5-15)31-23-22(30)24(33)32(25(23)34)20-13-17(28)12-18(29)14-20/h4-14,31H,1-3H3. The quantitative estimate of drug-likeness (QED) is 0.214. The first-order valence-electron chi connectivity index (χ1n) is 10.9. The second-order valence-electron chi connectivity index (χ2n) is 9.13. The van der Waals surface area contributed by atoms with Crippen LogP contribution in [0.5, 0.6) is 5.75 Å². The lowest BCUT2D eigenvalue weighted by Gasteiger charge is -2.19. The first-order valence-corrected chi connectivity index (χ1v) is 12.0. The molecule has 0 bridgehead atoms. The normalized spacial score (nSPS) is 13.9. The second kappa shape index (κ2) is 9.97. The lowest BCUT2D eigenvalue weighted by molar-refractivity contribution is -0.120. The van der Waals surface area contributed by atoms with E-state index in [1.54, 1.807) is 36.4 Å². The molecular formula is C27H21Cl3N2O4. The highest BCUT2D eigenvalue weighted by molar-refractivity contribution is 6.53. The second-order valence-corrected chi connectivity index (χ2v) is 10.4. The number of halogens is 3. The molecular weight excluding hydrogens is 523 g/mol. The van der Waals surface area contributed by atoms with Gasteiger partial charge in [0.15, 0.2) is 0 Å². The number of hydrogen-bond acceptors (Lipinski definition) is 5. The molecule has 1 N–H and O–H groups in total. The van der Waals surface area contributed by atoms with Gasteiger partial charge in [-0.2, -0.15) is 0 Å². The maximum Gasteiger partial charge on any atom is 0.343 e. The number of imide groups is 1. The summed E-state index contributed by atoms with van der Waals surface area (Å²) in [6.45, 7) is 6.31. The van der Waals surface area contributed by atoms with Gasteiger partial charge in [0.05, 0.1) is 11.3 Å². The Morgan fingerprint density at radius 1 is 0.833 bits per heavy atom. The Bertz CT molecular complexity index is 1370. The van der Waals surface area contributed by atoms with Gasteiger partial charge in [-0.15, -0.1) is 0 Å². The van der Waals surface area contributed by atoms with E-state index in [1.165, 1.54) is 18.2 Å². The van der Waals surface area contributed by atoms with Crippen molar-refractivity contribution in [3.63, 3.8) is 0 Å². The number of nitrogens with one attached hydrogen (secondary N) is 1. The molecule has 4 rings (SSSR count). The fourth-order valence-corrected chi connectivity index (χ4v) is 4.26. The predicted octanol–water partition coefficient (Wildman–Crippen LogP) is 6.95. The van der Waals surface area contributed by atoms with Crippen LogP contribution in [-0.2, 0) is 15.0 Å². The molecule has 1 heterocycles. The number of anilines is 2. The van der Waals surface area contributed by atoms with E-state index < -0.39 is 17.8 Å². The van der Waals surface area contributed by atoms with Crippen LogP contribution in [-0.4, -0.2) is 17.8 Å². The Morgan fingerprint density at radius 2 is 1.42 bits per heavy atom. The molecule has 0 aliphatic carbocycles. The van der Waals surface area contributed by atoms with Crippen LogP contribution in [0.4, 0.5) is 11.4 Å². The summed E-state index contributed by atoms with van der Waals surface area (Å²) in [5.74, 6) is -1.47. The van der Waals surface area contributed by atoms with Crippen LogP contribution < -0.4 is 15.0 Å². The van der Waals surface area contributed by atoms with Gasteiger partial charge in [0.25, 0.3) is 11.8 Å². The van der Waals surface area contributed by atoms with Crippen LogP contribution >= 0.6 is 34.8 Å². The fourth-order valence-electron chi connectivity index (χ4n) is 3.54. The minimum Gasteiger partial charge on any atom is -0.423 e. The van der Waals surface area contributed by atoms with E-state index in [0.717, 1.165) is 10.5 Å². The number of amides is 2. The minimum absolute atomic E-state index is 0.00670. The smallest absolute Gasteiger partial charge is 0.343 e. The van der Waals surface area contributed by atoms with Crippen molar-refractivity contribution in [2.24, 2.45) is 0 Å². The zero-order chi connectivity index (χ0) is 26.2. The molecule has 1 aliphatic heterocycles. The summed E-state index contributed by atoms with van der Waals surface area (Å²) in [7, 11) is 0. The highest BCUT2D eigenvalue weighted by Crippen LogP contribution is 2.33. The van der Waals surface area contributed by atoms with Gasteiger partial charge in [-0.3, -0.25) is 9.59 Å². The van der Waals surface area contributed by atoms with E-state index in [-0.39, 0.29) is 31.9 Å². The highest BCUT2D eigenvalue weighted by Gasteiger charge is 2.39. The van der Waals surface area contributed by atoms with Crippen molar-refractivity contribution in [1.82, 2.24) is 0 Å². The van der Waals surface area contributed by atoms with Crippen molar-refractivity contribution in [3.05, 3.63) is 98.6 Å².